The lowest BCUT2D eigenvalue weighted by atomic mass is 10.2. The molecule has 0 saturated heterocycles. The zero-order valence-corrected chi connectivity index (χ0v) is 16.4. The summed E-state index contributed by atoms with van der Waals surface area (Å²) in [5.41, 5.74) is 1.74. The van der Waals surface area contributed by atoms with E-state index in [4.69, 9.17) is 0 Å². The first-order chi connectivity index (χ1) is 14.3. The maximum absolute atomic E-state index is 13.2. The number of nitrogens with zero attached hydrogens (tertiary/aromatic N) is 1. The summed E-state index contributed by atoms with van der Waals surface area (Å²) in [6, 6.07) is 12.1. The smallest absolute Gasteiger partial charge is 0.319 e. The Kier molecular flexibility index (Phi) is 6.58. The summed E-state index contributed by atoms with van der Waals surface area (Å²) < 4.78 is 53.0. The average Bonchev–Trinajstić information content (AvgIpc) is 2.71. The number of benzene rings is 2. The molecule has 3 N–H and O–H groups in total. The zero-order valence-electron chi connectivity index (χ0n) is 15.6. The van der Waals surface area contributed by atoms with Gasteiger partial charge in [-0.2, -0.15) is 0 Å². The molecule has 0 aliphatic heterocycles. The van der Waals surface area contributed by atoms with Crippen LogP contribution in [0.3, 0.4) is 0 Å². The van der Waals surface area contributed by atoms with E-state index in [0.717, 1.165) is 17.7 Å². The molecule has 156 valence electrons. The Bertz CT molecular complexity index is 1120. The van der Waals surface area contributed by atoms with Gasteiger partial charge in [-0.05, 0) is 59.7 Å². The minimum atomic E-state index is -3.84. The maximum Gasteiger partial charge on any atom is 0.319 e. The molecule has 2 amide bonds. The number of rotatable bonds is 7. The van der Waals surface area contributed by atoms with Crippen molar-refractivity contribution in [3.8, 4) is 0 Å². The van der Waals surface area contributed by atoms with Gasteiger partial charge in [-0.25, -0.2) is 22.0 Å². The van der Waals surface area contributed by atoms with Gasteiger partial charge in [-0.15, -0.1) is 0 Å². The number of anilines is 2. The van der Waals surface area contributed by atoms with Crippen LogP contribution in [0.1, 0.15) is 11.1 Å². The van der Waals surface area contributed by atoms with Crippen LogP contribution in [0.5, 0.6) is 0 Å². The highest BCUT2D eigenvalue weighted by atomic mass is 32.2. The fraction of sp³-hybridized carbons (Fsp3) is 0.100. The van der Waals surface area contributed by atoms with Crippen LogP contribution in [0.4, 0.5) is 25.0 Å². The van der Waals surface area contributed by atoms with Gasteiger partial charge in [0.05, 0.1) is 5.75 Å². The van der Waals surface area contributed by atoms with Crippen molar-refractivity contribution < 1.29 is 22.0 Å². The number of hydrogen-bond donors (Lipinski definition) is 3. The lowest BCUT2D eigenvalue weighted by Gasteiger charge is -2.10. The third-order valence-electron chi connectivity index (χ3n) is 3.96. The van der Waals surface area contributed by atoms with Gasteiger partial charge in [0.1, 0.15) is 0 Å². The topological polar surface area (TPSA) is 100 Å². The Morgan fingerprint density at radius 1 is 0.867 bits per heavy atom. The van der Waals surface area contributed by atoms with E-state index in [9.17, 15) is 22.0 Å². The van der Waals surface area contributed by atoms with Crippen LogP contribution < -0.4 is 15.4 Å². The minimum absolute atomic E-state index is 0.116. The van der Waals surface area contributed by atoms with Gasteiger partial charge in [-0.1, -0.05) is 6.07 Å². The number of sulfonamides is 1. The number of amides is 2. The van der Waals surface area contributed by atoms with E-state index in [-0.39, 0.29) is 11.3 Å². The maximum atomic E-state index is 13.2. The third-order valence-corrected chi connectivity index (χ3v) is 5.22. The molecule has 0 aliphatic rings. The number of hydrogen-bond acceptors (Lipinski definition) is 4. The van der Waals surface area contributed by atoms with Gasteiger partial charge in [0, 0.05) is 30.3 Å². The summed E-state index contributed by atoms with van der Waals surface area (Å²) in [5, 5.41) is 5.32. The van der Waals surface area contributed by atoms with Gasteiger partial charge in [-0.3, -0.25) is 9.71 Å². The standard InChI is InChI=1S/C20H18F2N4O3S/c21-18-6-1-15(11-19(18)22)13-30(28,29)26-17-4-2-16(3-5-17)25-20(27)24-12-14-7-9-23-10-8-14/h1-11,26H,12-13H2,(H2,24,25,27). The summed E-state index contributed by atoms with van der Waals surface area (Å²) in [6.45, 7) is 0.330. The Morgan fingerprint density at radius 2 is 1.53 bits per heavy atom. The summed E-state index contributed by atoms with van der Waals surface area (Å²) in [7, 11) is -3.84. The van der Waals surface area contributed by atoms with Gasteiger partial charge in [0.25, 0.3) is 0 Å². The minimum Gasteiger partial charge on any atom is -0.334 e. The van der Waals surface area contributed by atoms with Crippen LogP contribution in [-0.4, -0.2) is 19.4 Å². The molecule has 0 saturated carbocycles. The van der Waals surface area contributed by atoms with E-state index in [1.807, 2.05) is 0 Å². The second-order valence-corrected chi connectivity index (χ2v) is 8.07. The zero-order chi connectivity index (χ0) is 21.6. The SMILES string of the molecule is O=C(NCc1ccncc1)Nc1ccc(NS(=O)(=O)Cc2ccc(F)c(F)c2)cc1. The number of pyridine rings is 1. The average molecular weight is 432 g/mol. The summed E-state index contributed by atoms with van der Waals surface area (Å²) in [5.74, 6) is -2.67. The highest BCUT2D eigenvalue weighted by molar-refractivity contribution is 7.91. The van der Waals surface area contributed by atoms with Crippen molar-refractivity contribution in [2.75, 3.05) is 10.0 Å². The summed E-state index contributed by atoms with van der Waals surface area (Å²) >= 11 is 0. The molecular formula is C20H18F2N4O3S. The van der Waals surface area contributed by atoms with Gasteiger partial charge >= 0.3 is 6.03 Å². The van der Waals surface area contributed by atoms with Crippen molar-refractivity contribution in [3.05, 3.63) is 89.8 Å². The van der Waals surface area contributed by atoms with E-state index in [1.54, 1.807) is 24.5 Å². The number of carbonyl (C=O) groups excluding carboxylic acids is 1. The van der Waals surface area contributed by atoms with Gasteiger partial charge in [0.2, 0.25) is 10.0 Å². The predicted molar refractivity (Wildman–Crippen MR) is 109 cm³/mol. The first-order valence-electron chi connectivity index (χ1n) is 8.79. The lowest BCUT2D eigenvalue weighted by molar-refractivity contribution is 0.251. The number of carbonyl (C=O) groups is 1. The van der Waals surface area contributed by atoms with Crippen molar-refractivity contribution in [2.24, 2.45) is 0 Å². The largest absolute Gasteiger partial charge is 0.334 e. The highest BCUT2D eigenvalue weighted by Crippen LogP contribution is 2.17. The van der Waals surface area contributed by atoms with Crippen LogP contribution in [0, 0.1) is 11.6 Å². The molecule has 0 unspecified atom stereocenters. The van der Waals surface area contributed by atoms with Crippen molar-refractivity contribution >= 4 is 27.4 Å². The van der Waals surface area contributed by atoms with Crippen molar-refractivity contribution in [2.45, 2.75) is 12.3 Å². The molecule has 0 spiro atoms. The highest BCUT2D eigenvalue weighted by Gasteiger charge is 2.14. The van der Waals surface area contributed by atoms with E-state index in [1.165, 1.54) is 30.3 Å². The second-order valence-electron chi connectivity index (χ2n) is 6.35. The molecule has 0 aliphatic carbocycles. The van der Waals surface area contributed by atoms with E-state index < -0.39 is 33.4 Å². The third kappa shape index (κ3) is 6.24. The van der Waals surface area contributed by atoms with Gasteiger partial charge in [0.15, 0.2) is 11.6 Å². The second kappa shape index (κ2) is 9.31. The normalized spacial score (nSPS) is 11.0. The lowest BCUT2D eigenvalue weighted by Crippen LogP contribution is -2.28. The fourth-order valence-corrected chi connectivity index (χ4v) is 3.73. The monoisotopic (exact) mass is 432 g/mol. The fourth-order valence-electron chi connectivity index (χ4n) is 2.54. The number of halogens is 2. The van der Waals surface area contributed by atoms with E-state index >= 15 is 0 Å². The van der Waals surface area contributed by atoms with Crippen LogP contribution in [0.15, 0.2) is 67.0 Å². The Hall–Kier alpha value is -3.53. The molecule has 10 heteroatoms. The van der Waals surface area contributed by atoms with Crippen molar-refractivity contribution in [3.63, 3.8) is 0 Å². The molecule has 0 fully saturated rings. The number of urea groups is 1. The molecule has 1 heterocycles. The Balaban J connectivity index is 1.54. The first kappa shape index (κ1) is 21.2. The molecule has 30 heavy (non-hydrogen) atoms. The van der Waals surface area contributed by atoms with Gasteiger partial charge < -0.3 is 10.6 Å². The molecule has 3 rings (SSSR count). The summed E-state index contributed by atoms with van der Waals surface area (Å²) in [6.07, 6.45) is 3.25. The Labute approximate surface area is 172 Å². The molecule has 2 aromatic carbocycles. The first-order valence-corrected chi connectivity index (χ1v) is 10.4. The van der Waals surface area contributed by atoms with Crippen molar-refractivity contribution in [1.82, 2.24) is 10.3 Å². The van der Waals surface area contributed by atoms with Crippen molar-refractivity contribution in [1.29, 1.82) is 0 Å². The number of nitrogens with one attached hydrogen (secondary N) is 3. The van der Waals surface area contributed by atoms with E-state index in [0.29, 0.717) is 12.2 Å². The summed E-state index contributed by atoms with van der Waals surface area (Å²) in [4.78, 5) is 15.8. The Morgan fingerprint density at radius 3 is 2.20 bits per heavy atom. The number of aromatic nitrogens is 1. The molecule has 7 nitrogen and oxygen atoms in total. The molecule has 1 aromatic heterocycles. The predicted octanol–water partition coefficient (Wildman–Crippen LogP) is 3.62. The molecular weight excluding hydrogens is 414 g/mol. The van der Waals surface area contributed by atoms with Crippen LogP contribution in [0.2, 0.25) is 0 Å². The molecule has 0 bridgehead atoms. The quantitative estimate of drug-likeness (QED) is 0.531. The van der Waals surface area contributed by atoms with Crippen LogP contribution in [0.25, 0.3) is 0 Å². The van der Waals surface area contributed by atoms with E-state index in [2.05, 4.69) is 20.3 Å². The van der Waals surface area contributed by atoms with Crippen LogP contribution >= 0.6 is 0 Å². The van der Waals surface area contributed by atoms with Crippen LogP contribution in [-0.2, 0) is 22.3 Å². The molecule has 3 aromatic rings. The molecule has 0 atom stereocenters. The molecule has 0 radical (unpaired) electrons.